The van der Waals surface area contributed by atoms with Gasteiger partial charge in [-0.25, -0.2) is 4.98 Å². The van der Waals surface area contributed by atoms with E-state index in [-0.39, 0.29) is 0 Å². The lowest BCUT2D eigenvalue weighted by Crippen LogP contribution is -2.43. The van der Waals surface area contributed by atoms with Crippen LogP contribution in [-0.2, 0) is 0 Å². The first-order valence-electron chi connectivity index (χ1n) is 8.07. The molecule has 1 N–H and O–H groups in total. The van der Waals surface area contributed by atoms with Crippen molar-refractivity contribution < 1.29 is 0 Å². The van der Waals surface area contributed by atoms with Gasteiger partial charge in [-0.3, -0.25) is 0 Å². The number of nitrogens with one attached hydrogen (secondary N) is 1. The quantitative estimate of drug-likeness (QED) is 0.845. The molecule has 5 heteroatoms. The molecule has 116 valence electrons. The standard InChI is InChI=1S/C16H23Cl2N3/c1-2-8-19-15-12(17)10-13(18)16(20-15)21-9-4-6-11-5-3-7-14(11)21/h10-11,14H,2-9H2,1H3,(H,19,20). The third kappa shape index (κ3) is 3.09. The van der Waals surface area contributed by atoms with Gasteiger partial charge in [-0.15, -0.1) is 0 Å². The summed E-state index contributed by atoms with van der Waals surface area (Å²) in [5.74, 6) is 2.49. The van der Waals surface area contributed by atoms with Crippen LogP contribution < -0.4 is 10.2 Å². The molecule has 2 heterocycles. The summed E-state index contributed by atoms with van der Waals surface area (Å²) in [5.41, 5.74) is 0. The fourth-order valence-corrected chi connectivity index (χ4v) is 4.28. The van der Waals surface area contributed by atoms with E-state index in [2.05, 4.69) is 17.1 Å². The van der Waals surface area contributed by atoms with Gasteiger partial charge in [0.15, 0.2) is 0 Å². The minimum atomic E-state index is 0.609. The molecule has 1 aliphatic carbocycles. The van der Waals surface area contributed by atoms with Gasteiger partial charge in [-0.2, -0.15) is 0 Å². The van der Waals surface area contributed by atoms with Crippen molar-refractivity contribution in [3.05, 3.63) is 16.1 Å². The average Bonchev–Trinajstić information content (AvgIpc) is 2.95. The van der Waals surface area contributed by atoms with E-state index in [0.717, 1.165) is 37.1 Å². The Hall–Kier alpha value is -0.670. The van der Waals surface area contributed by atoms with Crippen LogP contribution in [0.1, 0.15) is 45.4 Å². The number of nitrogens with zero attached hydrogens (tertiary/aromatic N) is 2. The van der Waals surface area contributed by atoms with E-state index in [1.165, 1.54) is 32.1 Å². The van der Waals surface area contributed by atoms with Gasteiger partial charge in [0.25, 0.3) is 0 Å². The maximum absolute atomic E-state index is 6.44. The van der Waals surface area contributed by atoms with E-state index in [0.29, 0.717) is 16.1 Å². The molecule has 1 saturated carbocycles. The first-order valence-corrected chi connectivity index (χ1v) is 8.83. The second-order valence-corrected chi connectivity index (χ2v) is 6.96. The largest absolute Gasteiger partial charge is 0.369 e. The van der Waals surface area contributed by atoms with E-state index in [1.807, 2.05) is 6.07 Å². The summed E-state index contributed by atoms with van der Waals surface area (Å²) in [5, 5.41) is 4.58. The normalized spacial score (nSPS) is 25.0. The molecule has 0 bridgehead atoms. The van der Waals surface area contributed by atoms with Crippen LogP contribution in [0, 0.1) is 5.92 Å². The molecule has 1 saturated heterocycles. The first kappa shape index (κ1) is 15.2. The van der Waals surface area contributed by atoms with Gasteiger partial charge in [0.2, 0.25) is 0 Å². The van der Waals surface area contributed by atoms with Gasteiger partial charge in [-0.05, 0) is 44.1 Å². The minimum absolute atomic E-state index is 0.609. The van der Waals surface area contributed by atoms with Crippen LogP contribution in [0.3, 0.4) is 0 Å². The summed E-state index contributed by atoms with van der Waals surface area (Å²) in [6.45, 7) is 4.06. The number of halogens is 2. The van der Waals surface area contributed by atoms with E-state index in [1.54, 1.807) is 0 Å². The Labute approximate surface area is 137 Å². The third-order valence-corrected chi connectivity index (χ3v) is 5.28. The van der Waals surface area contributed by atoms with Crippen LogP contribution in [0.5, 0.6) is 0 Å². The van der Waals surface area contributed by atoms with Crippen molar-refractivity contribution in [3.8, 4) is 0 Å². The van der Waals surface area contributed by atoms with Crippen molar-refractivity contribution in [2.75, 3.05) is 23.3 Å². The number of rotatable bonds is 4. The Morgan fingerprint density at radius 1 is 1.24 bits per heavy atom. The molecule has 0 amide bonds. The molecule has 2 unspecified atom stereocenters. The van der Waals surface area contributed by atoms with E-state index >= 15 is 0 Å². The van der Waals surface area contributed by atoms with Crippen LogP contribution in [0.15, 0.2) is 6.07 Å². The second-order valence-electron chi connectivity index (χ2n) is 6.14. The maximum Gasteiger partial charge on any atom is 0.150 e. The number of pyridine rings is 1. The van der Waals surface area contributed by atoms with Crippen molar-refractivity contribution in [3.63, 3.8) is 0 Å². The lowest BCUT2D eigenvalue weighted by Gasteiger charge is -2.39. The van der Waals surface area contributed by atoms with Gasteiger partial charge in [-0.1, -0.05) is 36.5 Å². The van der Waals surface area contributed by atoms with Crippen molar-refractivity contribution in [1.82, 2.24) is 4.98 Å². The number of hydrogen-bond acceptors (Lipinski definition) is 3. The number of hydrogen-bond donors (Lipinski definition) is 1. The molecule has 21 heavy (non-hydrogen) atoms. The number of aromatic nitrogens is 1. The molecule has 1 aliphatic heterocycles. The Morgan fingerprint density at radius 3 is 2.86 bits per heavy atom. The van der Waals surface area contributed by atoms with Crippen molar-refractivity contribution >= 4 is 34.8 Å². The van der Waals surface area contributed by atoms with Crippen LogP contribution in [0.2, 0.25) is 10.0 Å². The van der Waals surface area contributed by atoms with Crippen molar-refractivity contribution in [1.29, 1.82) is 0 Å². The number of fused-ring (bicyclic) bond motifs is 1. The van der Waals surface area contributed by atoms with Crippen molar-refractivity contribution in [2.24, 2.45) is 5.92 Å². The van der Waals surface area contributed by atoms with Gasteiger partial charge >= 0.3 is 0 Å². The van der Waals surface area contributed by atoms with Crippen LogP contribution >= 0.6 is 23.2 Å². The Bertz CT molecular complexity index is 507. The average molecular weight is 328 g/mol. The van der Waals surface area contributed by atoms with Crippen molar-refractivity contribution in [2.45, 2.75) is 51.5 Å². The zero-order valence-electron chi connectivity index (χ0n) is 12.5. The number of anilines is 2. The first-order chi connectivity index (χ1) is 10.2. The van der Waals surface area contributed by atoms with Gasteiger partial charge < -0.3 is 10.2 Å². The highest BCUT2D eigenvalue weighted by atomic mass is 35.5. The van der Waals surface area contributed by atoms with Gasteiger partial charge in [0, 0.05) is 19.1 Å². The smallest absolute Gasteiger partial charge is 0.150 e. The molecule has 2 fully saturated rings. The fraction of sp³-hybridized carbons (Fsp3) is 0.688. The SMILES string of the molecule is CCCNc1nc(N2CCCC3CCCC32)c(Cl)cc1Cl. The molecule has 2 atom stereocenters. The highest BCUT2D eigenvalue weighted by Crippen LogP contribution is 2.41. The molecule has 3 rings (SSSR count). The summed E-state index contributed by atoms with van der Waals surface area (Å²) in [7, 11) is 0. The number of piperidine rings is 1. The van der Waals surface area contributed by atoms with E-state index in [9.17, 15) is 0 Å². The monoisotopic (exact) mass is 327 g/mol. The highest BCUT2D eigenvalue weighted by Gasteiger charge is 2.36. The third-order valence-electron chi connectivity index (χ3n) is 4.72. The lowest BCUT2D eigenvalue weighted by atomic mass is 9.92. The molecule has 0 spiro atoms. The summed E-state index contributed by atoms with van der Waals surface area (Å²) >= 11 is 12.7. The zero-order chi connectivity index (χ0) is 14.8. The molecule has 3 nitrogen and oxygen atoms in total. The van der Waals surface area contributed by atoms with Gasteiger partial charge in [0.05, 0.1) is 10.0 Å². The minimum Gasteiger partial charge on any atom is -0.369 e. The summed E-state index contributed by atoms with van der Waals surface area (Å²) in [6.07, 6.45) is 7.59. The highest BCUT2D eigenvalue weighted by molar-refractivity contribution is 6.37. The second kappa shape index (κ2) is 6.62. The molecular formula is C16H23Cl2N3. The Kier molecular flexibility index (Phi) is 4.80. The molecule has 2 aliphatic rings. The molecular weight excluding hydrogens is 305 g/mol. The Morgan fingerprint density at radius 2 is 2.05 bits per heavy atom. The molecule has 1 aromatic rings. The van der Waals surface area contributed by atoms with Crippen LogP contribution in [0.4, 0.5) is 11.6 Å². The lowest BCUT2D eigenvalue weighted by molar-refractivity contribution is 0.360. The summed E-state index contributed by atoms with van der Waals surface area (Å²) < 4.78 is 0. The molecule has 0 radical (unpaired) electrons. The van der Waals surface area contributed by atoms with Crippen LogP contribution in [-0.4, -0.2) is 24.1 Å². The van der Waals surface area contributed by atoms with Gasteiger partial charge in [0.1, 0.15) is 11.6 Å². The summed E-state index contributed by atoms with van der Waals surface area (Å²) in [4.78, 5) is 7.17. The predicted octanol–water partition coefficient (Wildman–Crippen LogP) is 4.98. The predicted molar refractivity (Wildman–Crippen MR) is 90.7 cm³/mol. The van der Waals surface area contributed by atoms with E-state index < -0.39 is 0 Å². The maximum atomic E-state index is 6.44. The fourth-order valence-electron chi connectivity index (χ4n) is 3.74. The molecule has 1 aromatic heterocycles. The zero-order valence-corrected chi connectivity index (χ0v) is 14.1. The van der Waals surface area contributed by atoms with E-state index in [4.69, 9.17) is 28.2 Å². The molecule has 0 aromatic carbocycles. The van der Waals surface area contributed by atoms with Crippen LogP contribution in [0.25, 0.3) is 0 Å². The topological polar surface area (TPSA) is 28.2 Å². The summed E-state index contributed by atoms with van der Waals surface area (Å²) in [6, 6.07) is 2.45. The Balaban J connectivity index is 1.89.